The lowest BCUT2D eigenvalue weighted by molar-refractivity contribution is 0.299. The molecule has 0 N–H and O–H groups in total. The van der Waals surface area contributed by atoms with Gasteiger partial charge >= 0.3 is 0 Å². The lowest BCUT2D eigenvalue weighted by Gasteiger charge is -2.15. The van der Waals surface area contributed by atoms with Gasteiger partial charge in [0.15, 0.2) is 0 Å². The van der Waals surface area contributed by atoms with Crippen molar-refractivity contribution in [2.24, 2.45) is 0 Å². The Hall–Kier alpha value is -0.930. The number of halogens is 1. The van der Waals surface area contributed by atoms with E-state index in [4.69, 9.17) is 25.8 Å². The van der Waals surface area contributed by atoms with Crippen LogP contribution in [0.25, 0.3) is 0 Å². The van der Waals surface area contributed by atoms with Crippen molar-refractivity contribution in [3.63, 3.8) is 0 Å². The van der Waals surface area contributed by atoms with Gasteiger partial charge in [-0.1, -0.05) is 25.4 Å². The smallest absolute Gasteiger partial charge is 0.141 e. The Labute approximate surface area is 132 Å². The molecule has 1 aliphatic heterocycles. The molecule has 4 heteroatoms. The van der Waals surface area contributed by atoms with Gasteiger partial charge in [-0.25, -0.2) is 0 Å². The van der Waals surface area contributed by atoms with Crippen LogP contribution in [0, 0.1) is 0 Å². The zero-order chi connectivity index (χ0) is 15.2. The molecule has 1 aromatic carbocycles. The maximum absolute atomic E-state index is 6.32. The molecule has 2 rings (SSSR count). The lowest BCUT2D eigenvalue weighted by Crippen LogP contribution is -2.03. The highest BCUT2D eigenvalue weighted by Gasteiger charge is 2.33. The maximum Gasteiger partial charge on any atom is 0.141 e. The summed E-state index contributed by atoms with van der Waals surface area (Å²) >= 11 is 6.32. The van der Waals surface area contributed by atoms with Crippen molar-refractivity contribution in [2.75, 3.05) is 13.2 Å². The Balaban J connectivity index is 2.09. The average molecular weight is 313 g/mol. The second-order valence-electron chi connectivity index (χ2n) is 5.51. The molecule has 1 aliphatic rings. The molecule has 3 nitrogen and oxygen atoms in total. The molecular weight excluding hydrogens is 288 g/mol. The highest BCUT2D eigenvalue weighted by atomic mass is 35.5. The Kier molecular flexibility index (Phi) is 6.19. The van der Waals surface area contributed by atoms with Crippen LogP contribution in [0.4, 0.5) is 0 Å². The molecule has 0 saturated carbocycles. The second kappa shape index (κ2) is 7.90. The highest BCUT2D eigenvalue weighted by molar-refractivity contribution is 6.32. The van der Waals surface area contributed by atoms with Crippen LogP contribution in [0.15, 0.2) is 12.1 Å². The fourth-order valence-electron chi connectivity index (χ4n) is 2.27. The SMILES string of the molecule is CCCOc1cc(OCCC)c(CCC2OC2C)cc1Cl. The second-order valence-corrected chi connectivity index (χ2v) is 5.91. The summed E-state index contributed by atoms with van der Waals surface area (Å²) in [6.07, 6.45) is 4.65. The molecule has 0 bridgehead atoms. The predicted octanol–water partition coefficient (Wildman–Crippen LogP) is 4.64. The van der Waals surface area contributed by atoms with Crippen LogP contribution in [0.3, 0.4) is 0 Å². The Morgan fingerprint density at radius 3 is 2.29 bits per heavy atom. The van der Waals surface area contributed by atoms with E-state index in [9.17, 15) is 0 Å². The molecule has 1 heterocycles. The standard InChI is InChI=1S/C17H25ClO3/c1-4-8-19-16-11-17(20-9-5-2)14(18)10-13(16)6-7-15-12(3)21-15/h10-12,15H,4-9H2,1-3H3. The first kappa shape index (κ1) is 16.4. The van der Waals surface area contributed by atoms with E-state index in [0.29, 0.717) is 36.2 Å². The van der Waals surface area contributed by atoms with Crippen LogP contribution >= 0.6 is 11.6 Å². The Morgan fingerprint density at radius 2 is 1.71 bits per heavy atom. The topological polar surface area (TPSA) is 31.0 Å². The molecule has 1 fully saturated rings. The van der Waals surface area contributed by atoms with Gasteiger partial charge in [-0.2, -0.15) is 0 Å². The van der Waals surface area contributed by atoms with Crippen molar-refractivity contribution in [2.45, 2.75) is 58.7 Å². The normalized spacial score (nSPS) is 20.4. The van der Waals surface area contributed by atoms with E-state index in [-0.39, 0.29) is 0 Å². The third-order valence-corrected chi connectivity index (χ3v) is 3.87. The summed E-state index contributed by atoms with van der Waals surface area (Å²) in [7, 11) is 0. The number of rotatable bonds is 9. The van der Waals surface area contributed by atoms with Gasteiger partial charge in [0.25, 0.3) is 0 Å². The van der Waals surface area contributed by atoms with Crippen molar-refractivity contribution in [3.05, 3.63) is 22.7 Å². The van der Waals surface area contributed by atoms with Crippen LogP contribution in [-0.2, 0) is 11.2 Å². The van der Waals surface area contributed by atoms with E-state index in [1.54, 1.807) is 0 Å². The van der Waals surface area contributed by atoms with Crippen LogP contribution in [0.1, 0.15) is 45.6 Å². The van der Waals surface area contributed by atoms with E-state index in [1.807, 2.05) is 12.1 Å². The summed E-state index contributed by atoms with van der Waals surface area (Å²) in [4.78, 5) is 0. The summed E-state index contributed by atoms with van der Waals surface area (Å²) < 4.78 is 17.0. The van der Waals surface area contributed by atoms with Crippen LogP contribution in [0.2, 0.25) is 5.02 Å². The van der Waals surface area contributed by atoms with Gasteiger partial charge in [0.05, 0.1) is 30.4 Å². The zero-order valence-corrected chi connectivity index (χ0v) is 13.9. The summed E-state index contributed by atoms with van der Waals surface area (Å²) in [5, 5.41) is 0.659. The van der Waals surface area contributed by atoms with Gasteiger partial charge in [-0.15, -0.1) is 0 Å². The van der Waals surface area contributed by atoms with Gasteiger partial charge in [0.2, 0.25) is 0 Å². The van der Waals surface area contributed by atoms with Crippen molar-refractivity contribution in [1.29, 1.82) is 0 Å². The first-order chi connectivity index (χ1) is 10.2. The lowest BCUT2D eigenvalue weighted by atomic mass is 10.1. The number of benzene rings is 1. The number of epoxide rings is 1. The Bertz CT molecular complexity index is 462. The van der Waals surface area contributed by atoms with E-state index < -0.39 is 0 Å². The molecule has 0 aromatic heterocycles. The fraction of sp³-hybridized carbons (Fsp3) is 0.647. The highest BCUT2D eigenvalue weighted by Crippen LogP contribution is 2.35. The molecule has 2 unspecified atom stereocenters. The van der Waals surface area contributed by atoms with Gasteiger partial charge < -0.3 is 14.2 Å². The monoisotopic (exact) mass is 312 g/mol. The van der Waals surface area contributed by atoms with Gasteiger partial charge in [-0.3, -0.25) is 0 Å². The van der Waals surface area contributed by atoms with Crippen molar-refractivity contribution < 1.29 is 14.2 Å². The average Bonchev–Trinajstić information content (AvgIpc) is 3.18. The van der Waals surface area contributed by atoms with E-state index in [2.05, 4.69) is 20.8 Å². The summed E-state index contributed by atoms with van der Waals surface area (Å²) in [5.74, 6) is 1.60. The fourth-order valence-corrected chi connectivity index (χ4v) is 2.51. The van der Waals surface area contributed by atoms with Crippen molar-refractivity contribution >= 4 is 11.6 Å². The van der Waals surface area contributed by atoms with Crippen LogP contribution < -0.4 is 9.47 Å². The molecule has 2 atom stereocenters. The largest absolute Gasteiger partial charge is 0.493 e. The molecule has 0 radical (unpaired) electrons. The molecule has 0 spiro atoms. The molecule has 1 saturated heterocycles. The van der Waals surface area contributed by atoms with Gasteiger partial charge in [0.1, 0.15) is 11.5 Å². The number of ether oxygens (including phenoxy) is 3. The number of aryl methyl sites for hydroxylation is 1. The van der Waals surface area contributed by atoms with E-state index in [1.165, 1.54) is 0 Å². The molecule has 1 aromatic rings. The van der Waals surface area contributed by atoms with Crippen LogP contribution in [0.5, 0.6) is 11.5 Å². The van der Waals surface area contributed by atoms with Crippen molar-refractivity contribution in [3.8, 4) is 11.5 Å². The first-order valence-corrected chi connectivity index (χ1v) is 8.27. The first-order valence-electron chi connectivity index (χ1n) is 7.89. The number of hydrogen-bond donors (Lipinski definition) is 0. The molecule has 118 valence electrons. The summed E-state index contributed by atoms with van der Waals surface area (Å²) in [6, 6.07) is 3.91. The molecule has 0 aliphatic carbocycles. The molecule has 21 heavy (non-hydrogen) atoms. The summed E-state index contributed by atoms with van der Waals surface area (Å²) in [6.45, 7) is 7.66. The molecular formula is C17H25ClO3. The van der Waals surface area contributed by atoms with E-state index >= 15 is 0 Å². The molecule has 0 amide bonds. The minimum Gasteiger partial charge on any atom is -0.493 e. The maximum atomic E-state index is 6.32. The summed E-state index contributed by atoms with van der Waals surface area (Å²) in [5.41, 5.74) is 1.14. The third kappa shape index (κ3) is 4.79. The van der Waals surface area contributed by atoms with Gasteiger partial charge in [-0.05, 0) is 44.2 Å². The zero-order valence-electron chi connectivity index (χ0n) is 13.2. The van der Waals surface area contributed by atoms with Crippen molar-refractivity contribution in [1.82, 2.24) is 0 Å². The predicted molar refractivity (Wildman–Crippen MR) is 85.7 cm³/mol. The van der Waals surface area contributed by atoms with Crippen LogP contribution in [-0.4, -0.2) is 25.4 Å². The minimum atomic E-state index is 0.388. The number of hydrogen-bond acceptors (Lipinski definition) is 3. The minimum absolute atomic E-state index is 0.388. The van der Waals surface area contributed by atoms with Gasteiger partial charge in [0, 0.05) is 6.07 Å². The third-order valence-electron chi connectivity index (χ3n) is 3.57. The van der Waals surface area contributed by atoms with E-state index in [0.717, 1.165) is 37.0 Å². The Morgan fingerprint density at radius 1 is 1.10 bits per heavy atom. The quantitative estimate of drug-likeness (QED) is 0.622.